The molecule has 0 fully saturated rings. The molecular weight excluding hydrogens is 350 g/mol. The van der Waals surface area contributed by atoms with Crippen molar-refractivity contribution < 1.29 is 23.2 Å². The van der Waals surface area contributed by atoms with E-state index in [9.17, 15) is 23.3 Å². The summed E-state index contributed by atoms with van der Waals surface area (Å²) >= 11 is 0. The van der Waals surface area contributed by atoms with Crippen LogP contribution in [0, 0.1) is 10.1 Å². The van der Waals surface area contributed by atoms with Gasteiger partial charge in [-0.15, -0.1) is 0 Å². The molecule has 0 aliphatic heterocycles. The molecule has 0 bridgehead atoms. The van der Waals surface area contributed by atoms with Crippen molar-refractivity contribution in [3.05, 3.63) is 58.1 Å². The van der Waals surface area contributed by atoms with Crippen molar-refractivity contribution in [3.63, 3.8) is 0 Å². The molecule has 0 unspecified atom stereocenters. The third-order valence-corrected chi connectivity index (χ3v) is 4.74. The second kappa shape index (κ2) is 7.18. The Bertz CT molecular complexity index is 909. The number of sulfonamides is 1. The molecule has 2 aromatic rings. The number of nitrogens with one attached hydrogen (secondary N) is 1. The van der Waals surface area contributed by atoms with Crippen LogP contribution in [0.4, 0.5) is 17.1 Å². The normalized spacial score (nSPS) is 11.0. The number of rotatable bonds is 7. The van der Waals surface area contributed by atoms with Crippen LogP contribution in [0.15, 0.2) is 47.4 Å². The summed E-state index contributed by atoms with van der Waals surface area (Å²) in [6.07, 6.45) is 0.229. The molecule has 0 aliphatic carbocycles. The van der Waals surface area contributed by atoms with Crippen LogP contribution in [0.5, 0.6) is 0 Å². The number of aliphatic carboxylic acids is 1. The SMILES string of the molecule is Nc1ccc(NS(=O)(=O)c2ccc(CCC(=O)O)cc2)cc1[N+](=O)[O-]. The number of carboxylic acids is 1. The Hall–Kier alpha value is -3.14. The third kappa shape index (κ3) is 4.67. The maximum absolute atomic E-state index is 12.3. The lowest BCUT2D eigenvalue weighted by Crippen LogP contribution is -2.13. The van der Waals surface area contributed by atoms with E-state index in [1.54, 1.807) is 0 Å². The van der Waals surface area contributed by atoms with E-state index in [2.05, 4.69) is 4.72 Å². The Morgan fingerprint density at radius 2 is 1.84 bits per heavy atom. The van der Waals surface area contributed by atoms with Crippen molar-refractivity contribution in [1.29, 1.82) is 0 Å². The Labute approximate surface area is 143 Å². The first-order valence-corrected chi connectivity index (χ1v) is 8.55. The van der Waals surface area contributed by atoms with E-state index < -0.39 is 26.6 Å². The second-order valence-electron chi connectivity index (χ2n) is 5.17. The minimum Gasteiger partial charge on any atom is -0.481 e. The lowest BCUT2D eigenvalue weighted by molar-refractivity contribution is -0.383. The molecule has 0 aromatic heterocycles. The monoisotopic (exact) mass is 365 g/mol. The highest BCUT2D eigenvalue weighted by molar-refractivity contribution is 7.92. The van der Waals surface area contributed by atoms with Crippen LogP contribution in [0.1, 0.15) is 12.0 Å². The van der Waals surface area contributed by atoms with Gasteiger partial charge in [0.1, 0.15) is 5.69 Å². The topological polar surface area (TPSA) is 153 Å². The number of nitrogens with zero attached hydrogens (tertiary/aromatic N) is 1. The third-order valence-electron chi connectivity index (χ3n) is 3.34. The highest BCUT2D eigenvalue weighted by atomic mass is 32.2. The van der Waals surface area contributed by atoms with Gasteiger partial charge in [0.2, 0.25) is 0 Å². The van der Waals surface area contributed by atoms with E-state index >= 15 is 0 Å². The van der Waals surface area contributed by atoms with Crippen LogP contribution in [0.2, 0.25) is 0 Å². The first-order chi connectivity index (χ1) is 11.7. The molecule has 2 aromatic carbocycles. The van der Waals surface area contributed by atoms with Gasteiger partial charge in [-0.3, -0.25) is 19.6 Å². The summed E-state index contributed by atoms with van der Waals surface area (Å²) in [5, 5.41) is 19.5. The highest BCUT2D eigenvalue weighted by Gasteiger charge is 2.17. The number of hydrogen-bond donors (Lipinski definition) is 3. The van der Waals surface area contributed by atoms with Crippen LogP contribution in [-0.2, 0) is 21.2 Å². The Morgan fingerprint density at radius 1 is 1.20 bits per heavy atom. The van der Waals surface area contributed by atoms with Gasteiger partial charge in [-0.25, -0.2) is 8.42 Å². The summed E-state index contributed by atoms with van der Waals surface area (Å²) in [7, 11) is -3.95. The van der Waals surface area contributed by atoms with Crippen molar-refractivity contribution in [2.24, 2.45) is 0 Å². The average Bonchev–Trinajstić information content (AvgIpc) is 2.54. The van der Waals surface area contributed by atoms with Crippen molar-refractivity contribution >= 4 is 33.1 Å². The number of nitro benzene ring substituents is 1. The predicted molar refractivity (Wildman–Crippen MR) is 90.7 cm³/mol. The summed E-state index contributed by atoms with van der Waals surface area (Å²) in [5.74, 6) is -0.941. The van der Waals surface area contributed by atoms with Gasteiger partial charge < -0.3 is 10.8 Å². The quantitative estimate of drug-likeness (QED) is 0.385. The largest absolute Gasteiger partial charge is 0.481 e. The maximum atomic E-state index is 12.3. The number of carbonyl (C=O) groups is 1. The van der Waals surface area contributed by atoms with E-state index in [4.69, 9.17) is 10.8 Å². The second-order valence-corrected chi connectivity index (χ2v) is 6.86. The number of nitro groups is 1. The van der Waals surface area contributed by atoms with Crippen molar-refractivity contribution in [3.8, 4) is 0 Å². The minimum atomic E-state index is -3.95. The molecule has 132 valence electrons. The molecule has 2 rings (SSSR count). The van der Waals surface area contributed by atoms with Gasteiger partial charge in [0.05, 0.1) is 15.5 Å². The fourth-order valence-electron chi connectivity index (χ4n) is 2.07. The summed E-state index contributed by atoms with van der Waals surface area (Å²) < 4.78 is 26.9. The summed E-state index contributed by atoms with van der Waals surface area (Å²) in [6.45, 7) is 0. The van der Waals surface area contributed by atoms with E-state index in [1.165, 1.54) is 36.4 Å². The van der Waals surface area contributed by atoms with Crippen LogP contribution in [0.3, 0.4) is 0 Å². The summed E-state index contributed by atoms with van der Waals surface area (Å²) in [4.78, 5) is 20.6. The fourth-order valence-corrected chi connectivity index (χ4v) is 3.12. The van der Waals surface area contributed by atoms with Crippen molar-refractivity contribution in [1.82, 2.24) is 0 Å². The van der Waals surface area contributed by atoms with Gasteiger partial charge in [-0.1, -0.05) is 12.1 Å². The van der Waals surface area contributed by atoms with Gasteiger partial charge in [-0.05, 0) is 36.2 Å². The minimum absolute atomic E-state index is 0.0100. The van der Waals surface area contributed by atoms with E-state index in [-0.39, 0.29) is 29.1 Å². The zero-order valence-corrected chi connectivity index (χ0v) is 13.7. The van der Waals surface area contributed by atoms with Crippen LogP contribution in [0.25, 0.3) is 0 Å². The van der Waals surface area contributed by atoms with Crippen molar-refractivity contribution in [2.75, 3.05) is 10.5 Å². The Balaban J connectivity index is 2.20. The molecule has 0 aliphatic rings. The fraction of sp³-hybridized carbons (Fsp3) is 0.133. The Kier molecular flexibility index (Phi) is 5.22. The molecule has 0 saturated carbocycles. The standard InChI is InChI=1S/C15H15N3O6S/c16-13-7-4-11(9-14(13)18(21)22)17-25(23,24)12-5-1-10(2-6-12)3-8-15(19)20/h1-2,4-7,9,17H,3,8,16H2,(H,19,20). The summed E-state index contributed by atoms with van der Waals surface area (Å²) in [6, 6.07) is 9.31. The number of carboxylic acid groups (broad SMARTS) is 1. The number of aryl methyl sites for hydroxylation is 1. The molecule has 0 radical (unpaired) electrons. The number of nitrogen functional groups attached to an aromatic ring is 1. The lowest BCUT2D eigenvalue weighted by atomic mass is 10.1. The van der Waals surface area contributed by atoms with Gasteiger partial charge in [0.25, 0.3) is 15.7 Å². The molecule has 4 N–H and O–H groups in total. The highest BCUT2D eigenvalue weighted by Crippen LogP contribution is 2.26. The predicted octanol–water partition coefficient (Wildman–Crippen LogP) is 2.00. The first kappa shape index (κ1) is 18.2. The zero-order chi connectivity index (χ0) is 18.6. The van der Waals surface area contributed by atoms with Gasteiger partial charge in [-0.2, -0.15) is 0 Å². The van der Waals surface area contributed by atoms with Crippen LogP contribution in [-0.4, -0.2) is 24.4 Å². The van der Waals surface area contributed by atoms with Gasteiger partial charge in [0, 0.05) is 12.5 Å². The number of nitrogens with two attached hydrogens (primary N) is 1. The van der Waals surface area contributed by atoms with E-state index in [1.807, 2.05) is 0 Å². The molecule has 10 heteroatoms. The molecular formula is C15H15N3O6S. The number of hydrogen-bond acceptors (Lipinski definition) is 6. The first-order valence-electron chi connectivity index (χ1n) is 7.06. The van der Waals surface area contributed by atoms with E-state index in [0.717, 1.165) is 6.07 Å². The van der Waals surface area contributed by atoms with Gasteiger partial charge in [0.15, 0.2) is 0 Å². The average molecular weight is 365 g/mol. The molecule has 0 heterocycles. The van der Waals surface area contributed by atoms with Gasteiger partial charge >= 0.3 is 5.97 Å². The molecule has 0 atom stereocenters. The van der Waals surface area contributed by atoms with Crippen molar-refractivity contribution in [2.45, 2.75) is 17.7 Å². The lowest BCUT2D eigenvalue weighted by Gasteiger charge is -2.09. The van der Waals surface area contributed by atoms with E-state index in [0.29, 0.717) is 5.56 Å². The molecule has 25 heavy (non-hydrogen) atoms. The number of anilines is 2. The van der Waals surface area contributed by atoms with Crippen LogP contribution >= 0.6 is 0 Å². The smallest absolute Gasteiger partial charge is 0.303 e. The zero-order valence-electron chi connectivity index (χ0n) is 12.9. The molecule has 0 saturated heterocycles. The molecule has 0 amide bonds. The maximum Gasteiger partial charge on any atom is 0.303 e. The van der Waals surface area contributed by atoms with Crippen LogP contribution < -0.4 is 10.5 Å². The summed E-state index contributed by atoms with van der Waals surface area (Å²) in [5.41, 5.74) is 5.69. The Morgan fingerprint density at radius 3 is 2.40 bits per heavy atom. The molecule has 0 spiro atoms. The number of benzene rings is 2. The molecule has 9 nitrogen and oxygen atoms in total.